The Morgan fingerprint density at radius 2 is 2.23 bits per heavy atom. The van der Waals surface area contributed by atoms with Crippen molar-refractivity contribution < 1.29 is 0 Å². The van der Waals surface area contributed by atoms with Crippen LogP contribution in [0.5, 0.6) is 0 Å². The molecule has 5 nitrogen and oxygen atoms in total. The minimum Gasteiger partial charge on any atom is -0.368 e. The number of nitrogen functional groups attached to an aromatic ring is 1. The Labute approximate surface area is 75.2 Å². The summed E-state index contributed by atoms with van der Waals surface area (Å²) in [5, 5.41) is 4.19. The lowest BCUT2D eigenvalue weighted by atomic mass is 10.5. The van der Waals surface area contributed by atoms with Gasteiger partial charge in [-0.1, -0.05) is 0 Å². The van der Waals surface area contributed by atoms with Gasteiger partial charge < -0.3 is 5.73 Å². The molecule has 2 aromatic rings. The standard InChI is InChI=1S/C8H9N5/c1-6-3-5-13(12-6)7-2-4-10-8(9)11-7/h2-5H,1H3,(H2,9,10,11). The smallest absolute Gasteiger partial charge is 0.221 e. The molecule has 0 fully saturated rings. The second-order valence-electron chi connectivity index (χ2n) is 2.67. The van der Waals surface area contributed by atoms with Gasteiger partial charge in [0, 0.05) is 18.5 Å². The van der Waals surface area contributed by atoms with Crippen molar-refractivity contribution in [3.8, 4) is 5.82 Å². The first kappa shape index (κ1) is 7.72. The van der Waals surface area contributed by atoms with Gasteiger partial charge in [-0.2, -0.15) is 10.1 Å². The van der Waals surface area contributed by atoms with E-state index < -0.39 is 0 Å². The Bertz CT molecular complexity index is 420. The number of anilines is 1. The Balaban J connectivity index is 2.46. The van der Waals surface area contributed by atoms with Crippen molar-refractivity contribution in [2.45, 2.75) is 6.92 Å². The Morgan fingerprint density at radius 1 is 1.38 bits per heavy atom. The molecule has 2 aromatic heterocycles. The van der Waals surface area contributed by atoms with Crippen LogP contribution in [-0.2, 0) is 0 Å². The molecule has 0 aliphatic rings. The zero-order valence-corrected chi connectivity index (χ0v) is 7.18. The Kier molecular flexibility index (Phi) is 1.70. The van der Waals surface area contributed by atoms with Crippen molar-refractivity contribution in [3.05, 3.63) is 30.2 Å². The molecule has 66 valence electrons. The molecule has 0 atom stereocenters. The summed E-state index contributed by atoms with van der Waals surface area (Å²) in [6.45, 7) is 1.92. The quantitative estimate of drug-likeness (QED) is 0.687. The average molecular weight is 175 g/mol. The number of nitrogens with two attached hydrogens (primary N) is 1. The van der Waals surface area contributed by atoms with Crippen LogP contribution < -0.4 is 5.73 Å². The molecule has 0 amide bonds. The first-order chi connectivity index (χ1) is 6.25. The molecule has 0 spiro atoms. The summed E-state index contributed by atoms with van der Waals surface area (Å²) in [6.07, 6.45) is 3.44. The van der Waals surface area contributed by atoms with E-state index in [1.54, 1.807) is 16.9 Å². The fraction of sp³-hybridized carbons (Fsp3) is 0.125. The van der Waals surface area contributed by atoms with Crippen LogP contribution in [0, 0.1) is 6.92 Å². The van der Waals surface area contributed by atoms with Crippen LogP contribution in [0.15, 0.2) is 24.5 Å². The van der Waals surface area contributed by atoms with E-state index in [0.717, 1.165) is 5.69 Å². The third kappa shape index (κ3) is 1.48. The molecular formula is C8H9N5. The SMILES string of the molecule is Cc1ccn(-c2ccnc(N)n2)n1. The van der Waals surface area contributed by atoms with Crippen molar-refractivity contribution >= 4 is 5.95 Å². The van der Waals surface area contributed by atoms with Gasteiger partial charge in [-0.05, 0) is 13.0 Å². The minimum absolute atomic E-state index is 0.255. The van der Waals surface area contributed by atoms with Crippen LogP contribution in [0.1, 0.15) is 5.69 Å². The fourth-order valence-corrected chi connectivity index (χ4v) is 1.03. The minimum atomic E-state index is 0.255. The molecule has 2 N–H and O–H groups in total. The molecule has 0 aliphatic carbocycles. The van der Waals surface area contributed by atoms with Crippen LogP contribution in [-0.4, -0.2) is 19.7 Å². The van der Waals surface area contributed by atoms with Crippen molar-refractivity contribution in [2.24, 2.45) is 0 Å². The second kappa shape index (κ2) is 2.85. The molecule has 0 aliphatic heterocycles. The van der Waals surface area contributed by atoms with E-state index in [1.165, 1.54) is 0 Å². The largest absolute Gasteiger partial charge is 0.368 e. The van der Waals surface area contributed by atoms with Gasteiger partial charge in [0.25, 0.3) is 0 Å². The summed E-state index contributed by atoms with van der Waals surface area (Å²) in [5.74, 6) is 0.936. The normalized spacial score (nSPS) is 10.2. The molecule has 0 aromatic carbocycles. The molecule has 0 saturated heterocycles. The highest BCUT2D eigenvalue weighted by Gasteiger charge is 1.99. The fourth-order valence-electron chi connectivity index (χ4n) is 1.03. The number of nitrogens with zero attached hydrogens (tertiary/aromatic N) is 4. The van der Waals surface area contributed by atoms with Gasteiger partial charge in [0.2, 0.25) is 5.95 Å². The molecule has 0 saturated carbocycles. The molecule has 2 heterocycles. The van der Waals surface area contributed by atoms with Crippen molar-refractivity contribution in [3.63, 3.8) is 0 Å². The van der Waals surface area contributed by atoms with E-state index >= 15 is 0 Å². The van der Waals surface area contributed by atoms with Gasteiger partial charge in [0.15, 0.2) is 5.82 Å². The molecular weight excluding hydrogens is 166 g/mol. The third-order valence-electron chi connectivity index (χ3n) is 1.62. The lowest BCUT2D eigenvalue weighted by Crippen LogP contribution is -2.02. The van der Waals surface area contributed by atoms with Gasteiger partial charge in [-0.3, -0.25) is 0 Å². The van der Waals surface area contributed by atoms with Crippen molar-refractivity contribution in [1.82, 2.24) is 19.7 Å². The molecule has 13 heavy (non-hydrogen) atoms. The highest BCUT2D eigenvalue weighted by atomic mass is 15.3. The lowest BCUT2D eigenvalue weighted by molar-refractivity contribution is 0.828. The Hall–Kier alpha value is -1.91. The number of aryl methyl sites for hydroxylation is 1. The lowest BCUT2D eigenvalue weighted by Gasteiger charge is -1.99. The number of hydrogen-bond acceptors (Lipinski definition) is 4. The summed E-state index contributed by atoms with van der Waals surface area (Å²) in [4.78, 5) is 7.82. The summed E-state index contributed by atoms with van der Waals surface area (Å²) in [7, 11) is 0. The summed E-state index contributed by atoms with van der Waals surface area (Å²) in [6, 6.07) is 3.65. The van der Waals surface area contributed by atoms with Crippen LogP contribution in [0.3, 0.4) is 0 Å². The monoisotopic (exact) mass is 175 g/mol. The molecule has 0 unspecified atom stereocenters. The van der Waals surface area contributed by atoms with E-state index in [-0.39, 0.29) is 5.95 Å². The molecule has 5 heteroatoms. The highest BCUT2D eigenvalue weighted by molar-refractivity contribution is 5.27. The topological polar surface area (TPSA) is 69.6 Å². The summed E-state index contributed by atoms with van der Waals surface area (Å²) in [5.41, 5.74) is 6.38. The van der Waals surface area contributed by atoms with E-state index in [4.69, 9.17) is 5.73 Å². The zero-order chi connectivity index (χ0) is 9.26. The van der Waals surface area contributed by atoms with E-state index in [2.05, 4.69) is 15.1 Å². The van der Waals surface area contributed by atoms with Crippen LogP contribution in [0.4, 0.5) is 5.95 Å². The van der Waals surface area contributed by atoms with Crippen molar-refractivity contribution in [1.29, 1.82) is 0 Å². The van der Waals surface area contributed by atoms with Crippen LogP contribution in [0.25, 0.3) is 5.82 Å². The van der Waals surface area contributed by atoms with E-state index in [1.807, 2.05) is 19.2 Å². The predicted octanol–water partition coefficient (Wildman–Crippen LogP) is 0.553. The predicted molar refractivity (Wildman–Crippen MR) is 48.3 cm³/mol. The molecule has 0 bridgehead atoms. The maximum absolute atomic E-state index is 5.44. The van der Waals surface area contributed by atoms with Crippen LogP contribution in [0.2, 0.25) is 0 Å². The number of aromatic nitrogens is 4. The zero-order valence-electron chi connectivity index (χ0n) is 7.18. The molecule has 0 radical (unpaired) electrons. The highest BCUT2D eigenvalue weighted by Crippen LogP contribution is 2.03. The van der Waals surface area contributed by atoms with Gasteiger partial charge in [-0.25, -0.2) is 9.67 Å². The average Bonchev–Trinajstić information content (AvgIpc) is 2.52. The van der Waals surface area contributed by atoms with Gasteiger partial charge in [-0.15, -0.1) is 0 Å². The maximum atomic E-state index is 5.44. The van der Waals surface area contributed by atoms with E-state index in [0.29, 0.717) is 5.82 Å². The third-order valence-corrected chi connectivity index (χ3v) is 1.62. The van der Waals surface area contributed by atoms with Crippen molar-refractivity contribution in [2.75, 3.05) is 5.73 Å². The van der Waals surface area contributed by atoms with Gasteiger partial charge in [0.05, 0.1) is 5.69 Å². The summed E-state index contributed by atoms with van der Waals surface area (Å²) < 4.78 is 1.66. The van der Waals surface area contributed by atoms with Gasteiger partial charge >= 0.3 is 0 Å². The summed E-state index contributed by atoms with van der Waals surface area (Å²) >= 11 is 0. The number of hydrogen-bond donors (Lipinski definition) is 1. The Morgan fingerprint density at radius 3 is 2.85 bits per heavy atom. The van der Waals surface area contributed by atoms with Gasteiger partial charge in [0.1, 0.15) is 0 Å². The number of rotatable bonds is 1. The first-order valence-corrected chi connectivity index (χ1v) is 3.87. The maximum Gasteiger partial charge on any atom is 0.221 e. The first-order valence-electron chi connectivity index (χ1n) is 3.87. The van der Waals surface area contributed by atoms with Crippen LogP contribution >= 0.6 is 0 Å². The second-order valence-corrected chi connectivity index (χ2v) is 2.67. The van der Waals surface area contributed by atoms with E-state index in [9.17, 15) is 0 Å². The molecule has 2 rings (SSSR count).